The Morgan fingerprint density at radius 3 is 2.93 bits per heavy atom. The summed E-state index contributed by atoms with van der Waals surface area (Å²) in [6, 6.07) is 5.60. The maximum Gasteiger partial charge on any atom is 0.230 e. The maximum absolute atomic E-state index is 11.6. The molecule has 1 amide bonds. The smallest absolute Gasteiger partial charge is 0.230 e. The fourth-order valence-electron chi connectivity index (χ4n) is 2.11. The van der Waals surface area contributed by atoms with Gasteiger partial charge in [0.05, 0.1) is 5.69 Å². The Bertz CT molecular complexity index is 344. The molecule has 2 heterocycles. The number of hydrogen-bond donors (Lipinski definition) is 2. The third kappa shape index (κ3) is 1.72. The van der Waals surface area contributed by atoms with Crippen molar-refractivity contribution in [2.45, 2.75) is 18.3 Å². The first-order valence-electron chi connectivity index (χ1n) is 5.18. The van der Waals surface area contributed by atoms with Gasteiger partial charge >= 0.3 is 0 Å². The molecule has 0 bridgehead atoms. The van der Waals surface area contributed by atoms with Crippen molar-refractivity contribution in [3.05, 3.63) is 30.1 Å². The highest BCUT2D eigenvalue weighted by Crippen LogP contribution is 2.29. The van der Waals surface area contributed by atoms with Crippen molar-refractivity contribution >= 4 is 5.91 Å². The van der Waals surface area contributed by atoms with E-state index in [1.165, 1.54) is 0 Å². The number of carbonyl (C=O) groups excluding carboxylic acids is 1. The monoisotopic (exact) mass is 205 g/mol. The number of hydrogen-bond acceptors (Lipinski definition) is 3. The van der Waals surface area contributed by atoms with Crippen LogP contribution in [0.3, 0.4) is 0 Å². The SMILES string of the molecule is NC(=O)[C@@]1(c2ccccn2)CCCNC1. The fourth-order valence-corrected chi connectivity index (χ4v) is 2.11. The molecule has 2 rings (SSSR count). The number of primary amides is 1. The van der Waals surface area contributed by atoms with Crippen molar-refractivity contribution < 1.29 is 4.79 Å². The largest absolute Gasteiger partial charge is 0.369 e. The summed E-state index contributed by atoms with van der Waals surface area (Å²) in [5, 5.41) is 3.21. The van der Waals surface area contributed by atoms with Crippen LogP contribution >= 0.6 is 0 Å². The van der Waals surface area contributed by atoms with Crippen LogP contribution < -0.4 is 11.1 Å². The minimum absolute atomic E-state index is 0.284. The van der Waals surface area contributed by atoms with E-state index in [0.717, 1.165) is 25.1 Å². The molecular formula is C11H15N3O. The van der Waals surface area contributed by atoms with E-state index in [0.29, 0.717) is 6.54 Å². The molecule has 0 aliphatic carbocycles. The van der Waals surface area contributed by atoms with Crippen LogP contribution in [0.15, 0.2) is 24.4 Å². The minimum Gasteiger partial charge on any atom is -0.369 e. The number of rotatable bonds is 2. The average Bonchev–Trinajstić information content (AvgIpc) is 2.31. The number of aromatic nitrogens is 1. The molecule has 0 saturated carbocycles. The quantitative estimate of drug-likeness (QED) is 0.724. The molecule has 1 aliphatic heterocycles. The first-order valence-corrected chi connectivity index (χ1v) is 5.18. The normalized spacial score (nSPS) is 26.1. The van der Waals surface area contributed by atoms with Gasteiger partial charge < -0.3 is 11.1 Å². The Balaban J connectivity index is 2.38. The van der Waals surface area contributed by atoms with Gasteiger partial charge in [-0.2, -0.15) is 0 Å². The second-order valence-corrected chi connectivity index (χ2v) is 3.94. The first kappa shape index (κ1) is 10.1. The molecule has 4 heteroatoms. The maximum atomic E-state index is 11.6. The summed E-state index contributed by atoms with van der Waals surface area (Å²) in [5.41, 5.74) is 5.69. The molecule has 3 N–H and O–H groups in total. The zero-order valence-corrected chi connectivity index (χ0v) is 8.57. The zero-order valence-electron chi connectivity index (χ0n) is 8.57. The molecule has 4 nitrogen and oxygen atoms in total. The van der Waals surface area contributed by atoms with Crippen molar-refractivity contribution in [3.63, 3.8) is 0 Å². The molecule has 0 radical (unpaired) electrons. The van der Waals surface area contributed by atoms with Gasteiger partial charge in [0, 0.05) is 12.7 Å². The summed E-state index contributed by atoms with van der Waals surface area (Å²) in [5.74, 6) is -0.284. The molecule has 0 aromatic carbocycles. The van der Waals surface area contributed by atoms with Gasteiger partial charge in [-0.05, 0) is 31.5 Å². The van der Waals surface area contributed by atoms with Gasteiger partial charge in [-0.1, -0.05) is 6.07 Å². The lowest BCUT2D eigenvalue weighted by Crippen LogP contribution is -2.52. The predicted molar refractivity (Wildman–Crippen MR) is 57.2 cm³/mol. The number of carbonyl (C=O) groups is 1. The van der Waals surface area contributed by atoms with Crippen molar-refractivity contribution in [2.24, 2.45) is 5.73 Å². The average molecular weight is 205 g/mol. The van der Waals surface area contributed by atoms with Gasteiger partial charge in [0.1, 0.15) is 5.41 Å². The summed E-state index contributed by atoms with van der Waals surface area (Å²) >= 11 is 0. The Hall–Kier alpha value is -1.42. The molecule has 1 fully saturated rings. The van der Waals surface area contributed by atoms with E-state index in [-0.39, 0.29) is 5.91 Å². The Morgan fingerprint density at radius 1 is 1.53 bits per heavy atom. The van der Waals surface area contributed by atoms with Crippen LogP contribution in [0, 0.1) is 0 Å². The van der Waals surface area contributed by atoms with E-state index in [2.05, 4.69) is 10.3 Å². The van der Waals surface area contributed by atoms with Crippen LogP contribution in [-0.4, -0.2) is 24.0 Å². The fraction of sp³-hybridized carbons (Fsp3) is 0.455. The lowest BCUT2D eigenvalue weighted by Gasteiger charge is -2.34. The van der Waals surface area contributed by atoms with E-state index in [1.54, 1.807) is 6.20 Å². The Morgan fingerprint density at radius 2 is 2.40 bits per heavy atom. The summed E-state index contributed by atoms with van der Waals surface area (Å²) < 4.78 is 0. The lowest BCUT2D eigenvalue weighted by atomic mass is 9.77. The minimum atomic E-state index is -0.612. The molecule has 0 unspecified atom stereocenters. The summed E-state index contributed by atoms with van der Waals surface area (Å²) in [4.78, 5) is 15.9. The van der Waals surface area contributed by atoms with Gasteiger partial charge in [0.15, 0.2) is 0 Å². The number of pyridine rings is 1. The molecular weight excluding hydrogens is 190 g/mol. The van der Waals surface area contributed by atoms with Crippen LogP contribution in [-0.2, 0) is 10.2 Å². The van der Waals surface area contributed by atoms with Crippen molar-refractivity contribution in [2.75, 3.05) is 13.1 Å². The highest BCUT2D eigenvalue weighted by molar-refractivity contribution is 5.86. The second kappa shape index (κ2) is 3.98. The molecule has 1 aliphatic rings. The van der Waals surface area contributed by atoms with Gasteiger partial charge in [-0.15, -0.1) is 0 Å². The van der Waals surface area contributed by atoms with E-state index >= 15 is 0 Å². The highest BCUT2D eigenvalue weighted by atomic mass is 16.1. The number of amides is 1. The molecule has 80 valence electrons. The molecule has 15 heavy (non-hydrogen) atoms. The second-order valence-electron chi connectivity index (χ2n) is 3.94. The van der Waals surface area contributed by atoms with Gasteiger partial charge in [0.2, 0.25) is 5.91 Å². The standard InChI is InChI=1S/C11H15N3O/c12-10(15)11(5-3-6-13-8-11)9-4-1-2-7-14-9/h1-2,4,7,13H,3,5-6,8H2,(H2,12,15)/t11-/m0/s1. The van der Waals surface area contributed by atoms with Gasteiger partial charge in [-0.3, -0.25) is 9.78 Å². The van der Waals surface area contributed by atoms with E-state index in [1.807, 2.05) is 18.2 Å². The molecule has 1 saturated heterocycles. The molecule has 1 aromatic rings. The van der Waals surface area contributed by atoms with Crippen LogP contribution in [0.25, 0.3) is 0 Å². The van der Waals surface area contributed by atoms with Crippen LogP contribution in [0.4, 0.5) is 0 Å². The van der Waals surface area contributed by atoms with Crippen LogP contribution in [0.2, 0.25) is 0 Å². The first-order chi connectivity index (χ1) is 7.26. The van der Waals surface area contributed by atoms with E-state index in [4.69, 9.17) is 5.73 Å². The summed E-state index contributed by atoms with van der Waals surface area (Å²) in [6.07, 6.45) is 3.44. The Labute approximate surface area is 88.9 Å². The number of piperidine rings is 1. The number of nitrogens with zero attached hydrogens (tertiary/aromatic N) is 1. The third-order valence-electron chi connectivity index (χ3n) is 3.01. The Kier molecular flexibility index (Phi) is 2.68. The topological polar surface area (TPSA) is 68.0 Å². The third-order valence-corrected chi connectivity index (χ3v) is 3.01. The number of nitrogens with one attached hydrogen (secondary N) is 1. The summed E-state index contributed by atoms with van der Waals surface area (Å²) in [7, 11) is 0. The highest BCUT2D eigenvalue weighted by Gasteiger charge is 2.40. The van der Waals surface area contributed by atoms with Crippen LogP contribution in [0.1, 0.15) is 18.5 Å². The molecule has 0 spiro atoms. The zero-order chi connectivity index (χ0) is 10.7. The lowest BCUT2D eigenvalue weighted by molar-refractivity contribution is -0.124. The van der Waals surface area contributed by atoms with Gasteiger partial charge in [-0.25, -0.2) is 0 Å². The molecule has 1 aromatic heterocycles. The van der Waals surface area contributed by atoms with E-state index in [9.17, 15) is 4.79 Å². The number of nitrogens with two attached hydrogens (primary N) is 1. The predicted octanol–water partition coefficient (Wildman–Crippen LogP) is 0.188. The van der Waals surface area contributed by atoms with Crippen molar-refractivity contribution in [1.29, 1.82) is 0 Å². The molecule has 1 atom stereocenters. The summed E-state index contributed by atoms with van der Waals surface area (Å²) in [6.45, 7) is 1.54. The van der Waals surface area contributed by atoms with Crippen molar-refractivity contribution in [1.82, 2.24) is 10.3 Å². The van der Waals surface area contributed by atoms with E-state index < -0.39 is 5.41 Å². The van der Waals surface area contributed by atoms with Crippen molar-refractivity contribution in [3.8, 4) is 0 Å². The van der Waals surface area contributed by atoms with Crippen LogP contribution in [0.5, 0.6) is 0 Å². The van der Waals surface area contributed by atoms with Gasteiger partial charge in [0.25, 0.3) is 0 Å².